The molecule has 0 bridgehead atoms. The lowest BCUT2D eigenvalue weighted by atomic mass is 10.1. The molecule has 0 aliphatic heterocycles. The molecule has 0 radical (unpaired) electrons. The van der Waals surface area contributed by atoms with E-state index < -0.39 is 0 Å². The lowest BCUT2D eigenvalue weighted by Crippen LogP contribution is -2.08. The summed E-state index contributed by atoms with van der Waals surface area (Å²) in [6.45, 7) is 0.743. The van der Waals surface area contributed by atoms with E-state index in [1.165, 1.54) is 5.56 Å². The highest BCUT2D eigenvalue weighted by atomic mass is 15.1. The molecule has 0 N–H and O–H groups in total. The summed E-state index contributed by atoms with van der Waals surface area (Å²) in [4.78, 5) is 15.6. The third-order valence-electron chi connectivity index (χ3n) is 4.25. The number of nitrogens with zero attached hydrogens (tertiary/aromatic N) is 5. The van der Waals surface area contributed by atoms with Crippen LogP contribution in [0.4, 0.5) is 5.69 Å². The van der Waals surface area contributed by atoms with E-state index in [2.05, 4.69) is 60.8 Å². The fourth-order valence-corrected chi connectivity index (χ4v) is 2.91. The van der Waals surface area contributed by atoms with Crippen LogP contribution in [0.3, 0.4) is 0 Å². The molecule has 0 saturated carbocycles. The molecule has 2 aromatic carbocycles. The molecule has 0 aliphatic rings. The van der Waals surface area contributed by atoms with Crippen LogP contribution in [0.2, 0.25) is 0 Å². The lowest BCUT2D eigenvalue weighted by Gasteiger charge is -2.12. The molecule has 0 spiro atoms. The Bertz CT molecular complexity index is 988. The number of hydrogen-bond donors (Lipinski definition) is 0. The zero-order valence-corrected chi connectivity index (χ0v) is 14.3. The molecule has 0 unspecified atom stereocenters. The van der Waals surface area contributed by atoms with E-state index in [9.17, 15) is 0 Å². The van der Waals surface area contributed by atoms with E-state index in [0.29, 0.717) is 0 Å². The average molecular weight is 329 g/mol. The fourth-order valence-electron chi connectivity index (χ4n) is 2.91. The number of anilines is 1. The van der Waals surface area contributed by atoms with E-state index >= 15 is 0 Å². The summed E-state index contributed by atoms with van der Waals surface area (Å²) in [6.07, 6.45) is 3.45. The van der Waals surface area contributed by atoms with Gasteiger partial charge >= 0.3 is 0 Å². The minimum absolute atomic E-state index is 0.743. The van der Waals surface area contributed by atoms with Crippen molar-refractivity contribution in [2.75, 3.05) is 19.0 Å². The summed E-state index contributed by atoms with van der Waals surface area (Å²) in [6, 6.07) is 18.6. The number of benzene rings is 2. The number of imidazole rings is 1. The maximum Gasteiger partial charge on any atom is 0.164 e. The molecule has 25 heavy (non-hydrogen) atoms. The Morgan fingerprint density at radius 2 is 1.64 bits per heavy atom. The Labute approximate surface area is 146 Å². The molecule has 0 saturated heterocycles. The van der Waals surface area contributed by atoms with Gasteiger partial charge in [0, 0.05) is 25.3 Å². The van der Waals surface area contributed by atoms with Gasteiger partial charge in [0.15, 0.2) is 5.65 Å². The first-order chi connectivity index (χ1) is 12.2. The molecule has 5 heteroatoms. The van der Waals surface area contributed by atoms with Crippen LogP contribution in [0.1, 0.15) is 5.56 Å². The normalized spacial score (nSPS) is 11.0. The van der Waals surface area contributed by atoms with Gasteiger partial charge in [-0.2, -0.15) is 0 Å². The van der Waals surface area contributed by atoms with Crippen molar-refractivity contribution < 1.29 is 0 Å². The molecular formula is C20H19N5. The topological polar surface area (TPSA) is 46.8 Å². The maximum absolute atomic E-state index is 4.58. The van der Waals surface area contributed by atoms with E-state index in [-0.39, 0.29) is 0 Å². The van der Waals surface area contributed by atoms with Gasteiger partial charge in [-0.15, -0.1) is 0 Å². The van der Waals surface area contributed by atoms with Crippen molar-refractivity contribution in [3.63, 3.8) is 0 Å². The van der Waals surface area contributed by atoms with Gasteiger partial charge in [0.05, 0.1) is 12.9 Å². The maximum atomic E-state index is 4.58. The van der Waals surface area contributed by atoms with Crippen molar-refractivity contribution in [2.24, 2.45) is 0 Å². The summed E-state index contributed by atoms with van der Waals surface area (Å²) in [5.74, 6) is 0. The molecule has 0 atom stereocenters. The number of rotatable bonds is 4. The van der Waals surface area contributed by atoms with Gasteiger partial charge in [0.2, 0.25) is 0 Å². The minimum Gasteiger partial charge on any atom is -0.378 e. The fraction of sp³-hybridized carbons (Fsp3) is 0.150. The summed E-state index contributed by atoms with van der Waals surface area (Å²) < 4.78 is 2.06. The van der Waals surface area contributed by atoms with Crippen LogP contribution < -0.4 is 4.90 Å². The van der Waals surface area contributed by atoms with Crippen LogP contribution in [-0.4, -0.2) is 33.6 Å². The average Bonchev–Trinajstić information content (AvgIpc) is 3.06. The van der Waals surface area contributed by atoms with E-state index in [0.717, 1.165) is 34.7 Å². The predicted molar refractivity (Wildman–Crippen MR) is 101 cm³/mol. The molecule has 124 valence electrons. The van der Waals surface area contributed by atoms with Crippen LogP contribution in [0.5, 0.6) is 0 Å². The molecule has 2 aromatic heterocycles. The standard InChI is InChI=1S/C20H19N5/c1-24(2)17-10-8-16(9-11-17)18-19-20(22-13-21-18)25(14-23-19)12-15-6-4-3-5-7-15/h3-11,13-14H,12H2,1-2H3. The Balaban J connectivity index is 1.74. The molecule has 4 rings (SSSR count). The van der Waals surface area contributed by atoms with Gasteiger partial charge in [0.1, 0.15) is 17.5 Å². The Morgan fingerprint density at radius 1 is 0.880 bits per heavy atom. The minimum atomic E-state index is 0.743. The molecule has 0 fully saturated rings. The molecule has 0 aliphatic carbocycles. The molecule has 5 nitrogen and oxygen atoms in total. The Kier molecular flexibility index (Phi) is 3.90. The highest BCUT2D eigenvalue weighted by molar-refractivity contribution is 5.87. The monoisotopic (exact) mass is 329 g/mol. The quantitative estimate of drug-likeness (QED) is 0.574. The lowest BCUT2D eigenvalue weighted by molar-refractivity contribution is 0.813. The summed E-state index contributed by atoms with van der Waals surface area (Å²) in [5, 5.41) is 0. The summed E-state index contributed by atoms with van der Waals surface area (Å²) in [7, 11) is 4.06. The van der Waals surface area contributed by atoms with Crippen LogP contribution >= 0.6 is 0 Å². The van der Waals surface area contributed by atoms with E-state index in [1.54, 1.807) is 6.33 Å². The van der Waals surface area contributed by atoms with Crippen molar-refractivity contribution in [1.82, 2.24) is 19.5 Å². The van der Waals surface area contributed by atoms with Gasteiger partial charge in [-0.3, -0.25) is 0 Å². The predicted octanol–water partition coefficient (Wildman–Crippen LogP) is 3.61. The first-order valence-electron chi connectivity index (χ1n) is 8.20. The number of aromatic nitrogens is 4. The first-order valence-corrected chi connectivity index (χ1v) is 8.20. The smallest absolute Gasteiger partial charge is 0.164 e. The number of fused-ring (bicyclic) bond motifs is 1. The molecule has 2 heterocycles. The first kappa shape index (κ1) is 15.3. The second-order valence-corrected chi connectivity index (χ2v) is 6.19. The second kappa shape index (κ2) is 6.36. The highest BCUT2D eigenvalue weighted by Crippen LogP contribution is 2.26. The molecule has 4 aromatic rings. The zero-order chi connectivity index (χ0) is 17.2. The summed E-state index contributed by atoms with van der Waals surface area (Å²) in [5.41, 5.74) is 5.97. The summed E-state index contributed by atoms with van der Waals surface area (Å²) >= 11 is 0. The third-order valence-corrected chi connectivity index (χ3v) is 4.25. The van der Waals surface area contributed by atoms with Gasteiger partial charge in [0.25, 0.3) is 0 Å². The van der Waals surface area contributed by atoms with Crippen LogP contribution in [0.15, 0.2) is 67.3 Å². The van der Waals surface area contributed by atoms with Crippen molar-refractivity contribution >= 4 is 16.9 Å². The van der Waals surface area contributed by atoms with Crippen molar-refractivity contribution in [2.45, 2.75) is 6.54 Å². The third kappa shape index (κ3) is 2.96. The van der Waals surface area contributed by atoms with E-state index in [1.807, 2.05) is 38.6 Å². The second-order valence-electron chi connectivity index (χ2n) is 6.19. The van der Waals surface area contributed by atoms with Gasteiger partial charge in [-0.05, 0) is 17.7 Å². The van der Waals surface area contributed by atoms with Gasteiger partial charge in [-0.25, -0.2) is 15.0 Å². The SMILES string of the molecule is CN(C)c1ccc(-c2ncnc3c2ncn3Cc2ccccc2)cc1. The van der Waals surface area contributed by atoms with Crippen LogP contribution in [-0.2, 0) is 6.54 Å². The van der Waals surface area contributed by atoms with Gasteiger partial charge < -0.3 is 9.47 Å². The van der Waals surface area contributed by atoms with Gasteiger partial charge in [-0.1, -0.05) is 42.5 Å². The number of hydrogen-bond acceptors (Lipinski definition) is 4. The van der Waals surface area contributed by atoms with Crippen molar-refractivity contribution in [3.8, 4) is 11.3 Å². The van der Waals surface area contributed by atoms with Crippen LogP contribution in [0, 0.1) is 0 Å². The molecule has 0 amide bonds. The zero-order valence-electron chi connectivity index (χ0n) is 14.3. The molecular weight excluding hydrogens is 310 g/mol. The Hall–Kier alpha value is -3.21. The largest absolute Gasteiger partial charge is 0.378 e. The van der Waals surface area contributed by atoms with E-state index in [4.69, 9.17) is 0 Å². The highest BCUT2D eigenvalue weighted by Gasteiger charge is 2.12. The van der Waals surface area contributed by atoms with Crippen molar-refractivity contribution in [1.29, 1.82) is 0 Å². The van der Waals surface area contributed by atoms with Crippen molar-refractivity contribution in [3.05, 3.63) is 72.8 Å². The van der Waals surface area contributed by atoms with Crippen LogP contribution in [0.25, 0.3) is 22.4 Å². The Morgan fingerprint density at radius 3 is 2.36 bits per heavy atom.